The van der Waals surface area contributed by atoms with Crippen LogP contribution in [0.15, 0.2) is 24.3 Å². The lowest BCUT2D eigenvalue weighted by atomic mass is 10.1. The van der Waals surface area contributed by atoms with Crippen LogP contribution in [0, 0.1) is 5.92 Å². The highest BCUT2D eigenvalue weighted by Gasteiger charge is 2.41. The maximum atomic E-state index is 12.7. The van der Waals surface area contributed by atoms with E-state index in [2.05, 4.69) is 6.92 Å². The summed E-state index contributed by atoms with van der Waals surface area (Å²) in [5.74, 6) is -0.457. The number of hydrogen-bond acceptors (Lipinski definition) is 2. The number of amides is 2. The van der Waals surface area contributed by atoms with Crippen LogP contribution in [0.5, 0.6) is 0 Å². The Morgan fingerprint density at radius 3 is 2.70 bits per heavy atom. The second-order valence-electron chi connectivity index (χ2n) is 5.68. The average Bonchev–Trinajstić information content (AvgIpc) is 3.01. The fourth-order valence-corrected chi connectivity index (χ4v) is 3.08. The van der Waals surface area contributed by atoms with E-state index in [4.69, 9.17) is 0 Å². The van der Waals surface area contributed by atoms with Gasteiger partial charge in [-0.2, -0.15) is 0 Å². The summed E-state index contributed by atoms with van der Waals surface area (Å²) >= 11 is 0. The zero-order valence-corrected chi connectivity index (χ0v) is 11.5. The van der Waals surface area contributed by atoms with Crippen LogP contribution in [0.2, 0.25) is 0 Å². The van der Waals surface area contributed by atoms with Crippen molar-refractivity contribution in [3.05, 3.63) is 29.8 Å². The first-order chi connectivity index (χ1) is 9.58. The van der Waals surface area contributed by atoms with Crippen molar-refractivity contribution in [3.8, 4) is 0 Å². The molecule has 0 radical (unpaired) electrons. The molecule has 3 rings (SSSR count). The molecular weight excluding hydrogens is 256 g/mol. The van der Waals surface area contributed by atoms with Gasteiger partial charge in [0.2, 0.25) is 0 Å². The largest absolute Gasteiger partial charge is 0.480 e. The summed E-state index contributed by atoms with van der Waals surface area (Å²) in [6.07, 6.45) is 1.37. The standard InChI is InChI=1S/C15H18N2O3/c1-10-6-7-16(9-10)15(20)17-12-5-3-2-4-11(12)8-13(17)14(18)19/h2-5,10,13H,6-9H2,1H3,(H,18,19). The number of nitrogens with zero attached hydrogens (tertiary/aromatic N) is 2. The molecule has 2 aliphatic heterocycles. The van der Waals surface area contributed by atoms with Gasteiger partial charge < -0.3 is 10.0 Å². The minimum absolute atomic E-state index is 0.174. The van der Waals surface area contributed by atoms with Crippen LogP contribution < -0.4 is 4.90 Å². The molecular formula is C15H18N2O3. The fourth-order valence-electron chi connectivity index (χ4n) is 3.08. The quantitative estimate of drug-likeness (QED) is 0.851. The number of urea groups is 1. The fraction of sp³-hybridized carbons (Fsp3) is 0.467. The Balaban J connectivity index is 1.92. The molecule has 0 spiro atoms. The second kappa shape index (κ2) is 4.81. The van der Waals surface area contributed by atoms with Crippen LogP contribution in [0.1, 0.15) is 18.9 Å². The minimum Gasteiger partial charge on any atom is -0.480 e. The lowest BCUT2D eigenvalue weighted by Gasteiger charge is -2.28. The number of hydrogen-bond donors (Lipinski definition) is 1. The molecule has 0 saturated carbocycles. The van der Waals surface area contributed by atoms with Gasteiger partial charge in [-0.3, -0.25) is 4.90 Å². The first kappa shape index (κ1) is 13.0. The highest BCUT2D eigenvalue weighted by molar-refractivity contribution is 6.01. The molecule has 5 nitrogen and oxygen atoms in total. The summed E-state index contributed by atoms with van der Waals surface area (Å²) in [7, 11) is 0. The van der Waals surface area contributed by atoms with Gasteiger partial charge in [0.05, 0.1) is 0 Å². The Kier molecular flexibility index (Phi) is 3.12. The summed E-state index contributed by atoms with van der Waals surface area (Å²) in [5, 5.41) is 9.39. The number of anilines is 1. The lowest BCUT2D eigenvalue weighted by molar-refractivity contribution is -0.138. The Labute approximate surface area is 117 Å². The van der Waals surface area contributed by atoms with E-state index in [1.807, 2.05) is 24.3 Å². The number of carbonyl (C=O) groups excluding carboxylic acids is 1. The highest BCUT2D eigenvalue weighted by Crippen LogP contribution is 2.33. The van der Waals surface area contributed by atoms with Gasteiger partial charge in [-0.1, -0.05) is 25.1 Å². The van der Waals surface area contributed by atoms with Crippen molar-refractivity contribution in [1.29, 1.82) is 0 Å². The number of carbonyl (C=O) groups is 2. The lowest BCUT2D eigenvalue weighted by Crippen LogP contribution is -2.49. The summed E-state index contributed by atoms with van der Waals surface area (Å²) in [5.41, 5.74) is 1.67. The number of aliphatic carboxylic acids is 1. The van der Waals surface area contributed by atoms with Crippen molar-refractivity contribution >= 4 is 17.7 Å². The molecule has 1 saturated heterocycles. The molecule has 2 amide bonds. The van der Waals surface area contributed by atoms with Crippen LogP contribution in [-0.2, 0) is 11.2 Å². The molecule has 2 unspecified atom stereocenters. The van der Waals surface area contributed by atoms with Crippen LogP contribution in [0.25, 0.3) is 0 Å². The van der Waals surface area contributed by atoms with Crippen molar-refractivity contribution in [2.75, 3.05) is 18.0 Å². The van der Waals surface area contributed by atoms with Gasteiger partial charge >= 0.3 is 12.0 Å². The first-order valence-corrected chi connectivity index (χ1v) is 6.97. The van der Waals surface area contributed by atoms with Gasteiger partial charge in [-0.25, -0.2) is 9.59 Å². The monoisotopic (exact) mass is 274 g/mol. The van der Waals surface area contributed by atoms with Crippen LogP contribution in [0.4, 0.5) is 10.5 Å². The SMILES string of the molecule is CC1CCN(C(=O)N2c3ccccc3CC2C(=O)O)C1. The predicted molar refractivity (Wildman–Crippen MR) is 74.8 cm³/mol. The minimum atomic E-state index is -0.943. The maximum absolute atomic E-state index is 12.7. The number of rotatable bonds is 1. The molecule has 20 heavy (non-hydrogen) atoms. The van der Waals surface area contributed by atoms with Gasteiger partial charge in [0.1, 0.15) is 6.04 Å². The normalized spacial score (nSPS) is 24.9. The molecule has 2 aliphatic rings. The van der Waals surface area contributed by atoms with E-state index in [9.17, 15) is 14.7 Å². The third-order valence-corrected chi connectivity index (χ3v) is 4.16. The molecule has 0 aliphatic carbocycles. The number of fused-ring (bicyclic) bond motifs is 1. The van der Waals surface area contributed by atoms with Crippen LogP contribution in [0.3, 0.4) is 0 Å². The highest BCUT2D eigenvalue weighted by atomic mass is 16.4. The number of carboxylic acids is 1. The first-order valence-electron chi connectivity index (χ1n) is 6.97. The molecule has 1 aromatic carbocycles. The van der Waals surface area contributed by atoms with E-state index in [1.165, 1.54) is 4.90 Å². The van der Waals surface area contributed by atoms with Crippen molar-refractivity contribution in [3.63, 3.8) is 0 Å². The zero-order chi connectivity index (χ0) is 14.3. The summed E-state index contributed by atoms with van der Waals surface area (Å²) < 4.78 is 0. The third kappa shape index (κ3) is 2.03. The molecule has 2 heterocycles. The summed E-state index contributed by atoms with van der Waals surface area (Å²) in [4.78, 5) is 27.3. The maximum Gasteiger partial charge on any atom is 0.327 e. The topological polar surface area (TPSA) is 60.9 Å². The number of benzene rings is 1. The van der Waals surface area contributed by atoms with E-state index >= 15 is 0 Å². The Morgan fingerprint density at radius 2 is 2.05 bits per heavy atom. The van der Waals surface area contributed by atoms with E-state index < -0.39 is 12.0 Å². The van der Waals surface area contributed by atoms with E-state index in [-0.39, 0.29) is 6.03 Å². The Bertz CT molecular complexity index is 558. The van der Waals surface area contributed by atoms with E-state index in [0.717, 1.165) is 17.7 Å². The second-order valence-corrected chi connectivity index (χ2v) is 5.68. The molecule has 0 bridgehead atoms. The van der Waals surface area contributed by atoms with Crippen molar-refractivity contribution in [1.82, 2.24) is 4.90 Å². The van der Waals surface area contributed by atoms with Crippen LogP contribution >= 0.6 is 0 Å². The smallest absolute Gasteiger partial charge is 0.327 e. The van der Waals surface area contributed by atoms with Crippen molar-refractivity contribution in [2.45, 2.75) is 25.8 Å². The predicted octanol–water partition coefficient (Wildman–Crippen LogP) is 1.96. The Hall–Kier alpha value is -2.04. The van der Waals surface area contributed by atoms with Gasteiger partial charge in [0, 0.05) is 25.2 Å². The zero-order valence-electron chi connectivity index (χ0n) is 11.5. The average molecular weight is 274 g/mol. The summed E-state index contributed by atoms with van der Waals surface area (Å²) in [6, 6.07) is 6.49. The molecule has 1 N–H and O–H groups in total. The van der Waals surface area contributed by atoms with Gasteiger partial charge in [-0.05, 0) is 24.0 Å². The van der Waals surface area contributed by atoms with E-state index in [1.54, 1.807) is 4.90 Å². The van der Waals surface area contributed by atoms with Crippen LogP contribution in [-0.4, -0.2) is 41.1 Å². The molecule has 1 aromatic rings. The van der Waals surface area contributed by atoms with Crippen molar-refractivity contribution < 1.29 is 14.7 Å². The van der Waals surface area contributed by atoms with Gasteiger partial charge in [0.15, 0.2) is 0 Å². The molecule has 106 valence electrons. The number of carboxylic acid groups (broad SMARTS) is 1. The molecule has 5 heteroatoms. The molecule has 1 fully saturated rings. The van der Waals surface area contributed by atoms with Gasteiger partial charge in [-0.15, -0.1) is 0 Å². The van der Waals surface area contributed by atoms with E-state index in [0.29, 0.717) is 25.4 Å². The molecule has 0 aromatic heterocycles. The molecule has 2 atom stereocenters. The number of para-hydroxylation sites is 1. The van der Waals surface area contributed by atoms with Crippen molar-refractivity contribution in [2.24, 2.45) is 5.92 Å². The number of likely N-dealkylation sites (tertiary alicyclic amines) is 1. The Morgan fingerprint density at radius 1 is 1.30 bits per heavy atom. The third-order valence-electron chi connectivity index (χ3n) is 4.16. The van der Waals surface area contributed by atoms with Gasteiger partial charge in [0.25, 0.3) is 0 Å². The summed E-state index contributed by atoms with van der Waals surface area (Å²) in [6.45, 7) is 3.54.